The van der Waals surface area contributed by atoms with E-state index in [1.807, 2.05) is 41.1 Å². The van der Waals surface area contributed by atoms with Gasteiger partial charge in [-0.15, -0.1) is 0 Å². The Balaban J connectivity index is 1.52. The van der Waals surface area contributed by atoms with Crippen molar-refractivity contribution in [2.75, 3.05) is 11.5 Å². The van der Waals surface area contributed by atoms with Gasteiger partial charge in [-0.25, -0.2) is 9.78 Å². The fraction of sp³-hybridized carbons (Fsp3) is 0.263. The summed E-state index contributed by atoms with van der Waals surface area (Å²) < 4.78 is 3.25. The summed E-state index contributed by atoms with van der Waals surface area (Å²) in [5.41, 5.74) is 5.66. The molecule has 0 unspecified atom stereocenters. The molecule has 1 aliphatic rings. The third kappa shape index (κ3) is 3.65. The molecule has 3 N–H and O–H groups in total. The molecule has 0 amide bonds. The smallest absolute Gasteiger partial charge is 0.330 e. The lowest BCUT2D eigenvalue weighted by Gasteiger charge is -2.11. The molecule has 0 aliphatic heterocycles. The maximum absolute atomic E-state index is 12.7. The maximum atomic E-state index is 12.7. The molecule has 1 aliphatic carbocycles. The van der Waals surface area contributed by atoms with Gasteiger partial charge in [-0.3, -0.25) is 19.1 Å². The summed E-state index contributed by atoms with van der Waals surface area (Å²) >= 11 is 1.23. The molecule has 2 heterocycles. The zero-order chi connectivity index (χ0) is 19.7. The van der Waals surface area contributed by atoms with Gasteiger partial charge in [0.05, 0.1) is 5.75 Å². The number of thioether (sulfide) groups is 1. The molecule has 0 radical (unpaired) electrons. The van der Waals surface area contributed by atoms with Crippen LogP contribution in [0.3, 0.4) is 0 Å². The Morgan fingerprint density at radius 2 is 2.00 bits per heavy atom. The molecule has 2 aromatic heterocycles. The van der Waals surface area contributed by atoms with E-state index in [2.05, 4.69) is 9.97 Å². The van der Waals surface area contributed by atoms with Gasteiger partial charge >= 0.3 is 5.69 Å². The van der Waals surface area contributed by atoms with E-state index in [-0.39, 0.29) is 23.2 Å². The lowest BCUT2D eigenvalue weighted by atomic mass is 10.2. The Morgan fingerprint density at radius 3 is 2.71 bits per heavy atom. The number of benzene rings is 1. The van der Waals surface area contributed by atoms with Crippen LogP contribution < -0.4 is 17.0 Å². The molecule has 8 nitrogen and oxygen atoms in total. The van der Waals surface area contributed by atoms with Crippen molar-refractivity contribution in [1.82, 2.24) is 19.1 Å². The highest BCUT2D eigenvalue weighted by Gasteiger charge is 2.30. The van der Waals surface area contributed by atoms with Crippen LogP contribution in [0, 0.1) is 0 Å². The number of carbonyl (C=O) groups excluding carboxylic acids is 1. The Hall–Kier alpha value is -3.07. The van der Waals surface area contributed by atoms with E-state index < -0.39 is 17.0 Å². The van der Waals surface area contributed by atoms with Gasteiger partial charge in [0.1, 0.15) is 11.4 Å². The van der Waals surface area contributed by atoms with Gasteiger partial charge in [0, 0.05) is 25.0 Å². The SMILES string of the molecule is Nc1c(C(=O)CSc2nccn2Cc2ccccc2)c(=O)[nH]c(=O)n1C1CC1. The second-order valence-corrected chi connectivity index (χ2v) is 7.60. The van der Waals surface area contributed by atoms with Crippen molar-refractivity contribution in [1.29, 1.82) is 0 Å². The predicted octanol–water partition coefficient (Wildman–Crippen LogP) is 1.67. The largest absolute Gasteiger partial charge is 0.384 e. The number of hydrogen-bond donors (Lipinski definition) is 2. The zero-order valence-electron chi connectivity index (χ0n) is 15.0. The Bertz CT molecular complexity index is 1130. The number of carbonyl (C=O) groups is 1. The molecule has 9 heteroatoms. The lowest BCUT2D eigenvalue weighted by Crippen LogP contribution is -2.36. The molecule has 4 rings (SSSR count). The Morgan fingerprint density at radius 1 is 1.25 bits per heavy atom. The molecule has 1 aromatic carbocycles. The topological polar surface area (TPSA) is 116 Å². The summed E-state index contributed by atoms with van der Waals surface area (Å²) in [6, 6.07) is 9.88. The minimum atomic E-state index is -0.738. The number of nitrogens with two attached hydrogens (primary N) is 1. The van der Waals surface area contributed by atoms with Crippen LogP contribution >= 0.6 is 11.8 Å². The van der Waals surface area contributed by atoms with E-state index in [1.54, 1.807) is 6.20 Å². The fourth-order valence-electron chi connectivity index (χ4n) is 3.07. The number of aromatic amines is 1. The number of H-pyrrole nitrogens is 1. The van der Waals surface area contributed by atoms with Crippen LogP contribution in [-0.2, 0) is 6.54 Å². The van der Waals surface area contributed by atoms with Crippen LogP contribution in [0.25, 0.3) is 0 Å². The first-order valence-electron chi connectivity index (χ1n) is 8.90. The number of nitrogens with zero attached hydrogens (tertiary/aromatic N) is 3. The van der Waals surface area contributed by atoms with Crippen molar-refractivity contribution in [2.45, 2.75) is 30.6 Å². The lowest BCUT2D eigenvalue weighted by molar-refractivity contribution is 0.102. The predicted molar refractivity (Wildman–Crippen MR) is 107 cm³/mol. The number of imidazole rings is 1. The van der Waals surface area contributed by atoms with Gasteiger partial charge in [-0.1, -0.05) is 42.1 Å². The molecule has 1 saturated carbocycles. The number of ketones is 1. The highest BCUT2D eigenvalue weighted by atomic mass is 32.2. The zero-order valence-corrected chi connectivity index (χ0v) is 15.8. The normalized spacial score (nSPS) is 13.6. The molecule has 3 aromatic rings. The third-order valence-electron chi connectivity index (χ3n) is 4.58. The number of Topliss-reactive ketones (excluding diaryl/α,β-unsaturated/α-hetero) is 1. The monoisotopic (exact) mass is 397 g/mol. The molecule has 144 valence electrons. The highest BCUT2D eigenvalue weighted by Crippen LogP contribution is 2.35. The fourth-order valence-corrected chi connectivity index (χ4v) is 3.90. The average molecular weight is 397 g/mol. The van der Waals surface area contributed by atoms with Crippen LogP contribution in [-0.4, -0.2) is 30.6 Å². The maximum Gasteiger partial charge on any atom is 0.330 e. The van der Waals surface area contributed by atoms with Crippen molar-refractivity contribution >= 4 is 23.4 Å². The number of rotatable bonds is 7. The highest BCUT2D eigenvalue weighted by molar-refractivity contribution is 7.99. The second-order valence-electron chi connectivity index (χ2n) is 6.66. The van der Waals surface area contributed by atoms with E-state index in [0.717, 1.165) is 18.4 Å². The summed E-state index contributed by atoms with van der Waals surface area (Å²) in [4.78, 5) is 43.3. The molecule has 28 heavy (non-hydrogen) atoms. The van der Waals surface area contributed by atoms with Gasteiger partial charge in [0.25, 0.3) is 5.56 Å². The van der Waals surface area contributed by atoms with Crippen LogP contribution in [0.5, 0.6) is 0 Å². The molecule has 1 fully saturated rings. The number of anilines is 1. The molecular formula is C19H19N5O3S. The Labute approximate surface area is 164 Å². The van der Waals surface area contributed by atoms with E-state index in [1.165, 1.54) is 16.3 Å². The summed E-state index contributed by atoms with van der Waals surface area (Å²) in [5, 5.41) is 0.669. The van der Waals surface area contributed by atoms with Gasteiger partial charge in [-0.2, -0.15) is 0 Å². The summed E-state index contributed by atoms with van der Waals surface area (Å²) in [7, 11) is 0. The minimum absolute atomic E-state index is 0.00194. The van der Waals surface area contributed by atoms with E-state index in [4.69, 9.17) is 5.73 Å². The van der Waals surface area contributed by atoms with E-state index >= 15 is 0 Å². The van der Waals surface area contributed by atoms with Crippen molar-refractivity contribution in [3.63, 3.8) is 0 Å². The van der Waals surface area contributed by atoms with Crippen LogP contribution in [0.2, 0.25) is 0 Å². The van der Waals surface area contributed by atoms with Gasteiger partial charge < -0.3 is 10.3 Å². The minimum Gasteiger partial charge on any atom is -0.384 e. The number of hydrogen-bond acceptors (Lipinski definition) is 6. The van der Waals surface area contributed by atoms with Crippen LogP contribution in [0.1, 0.15) is 34.8 Å². The van der Waals surface area contributed by atoms with Crippen molar-refractivity contribution in [3.8, 4) is 0 Å². The first kappa shape index (κ1) is 18.3. The quantitative estimate of drug-likeness (QED) is 0.463. The Kier molecular flexibility index (Phi) is 4.91. The summed E-state index contributed by atoms with van der Waals surface area (Å²) in [5.74, 6) is -0.469. The number of nitrogen functional groups attached to an aromatic ring is 1. The number of aromatic nitrogens is 4. The van der Waals surface area contributed by atoms with Crippen LogP contribution in [0.15, 0.2) is 57.5 Å². The van der Waals surface area contributed by atoms with Crippen molar-refractivity contribution in [3.05, 3.63) is 74.7 Å². The van der Waals surface area contributed by atoms with Crippen molar-refractivity contribution in [2.24, 2.45) is 0 Å². The van der Waals surface area contributed by atoms with E-state index in [0.29, 0.717) is 11.7 Å². The summed E-state index contributed by atoms with van der Waals surface area (Å²) in [6.45, 7) is 0.632. The van der Waals surface area contributed by atoms with Gasteiger partial charge in [0.15, 0.2) is 10.9 Å². The van der Waals surface area contributed by atoms with E-state index in [9.17, 15) is 14.4 Å². The second kappa shape index (κ2) is 7.51. The molecular weight excluding hydrogens is 378 g/mol. The van der Waals surface area contributed by atoms with Gasteiger partial charge in [0.2, 0.25) is 0 Å². The third-order valence-corrected chi connectivity index (χ3v) is 5.58. The molecule has 0 spiro atoms. The van der Waals surface area contributed by atoms with Crippen molar-refractivity contribution < 1.29 is 4.79 Å². The molecule has 0 atom stereocenters. The first-order chi connectivity index (χ1) is 13.5. The molecule has 0 saturated heterocycles. The summed E-state index contributed by atoms with van der Waals surface area (Å²) in [6.07, 6.45) is 5.14. The first-order valence-corrected chi connectivity index (χ1v) is 9.88. The van der Waals surface area contributed by atoms with Crippen LogP contribution in [0.4, 0.5) is 5.82 Å². The number of nitrogens with one attached hydrogen (secondary N) is 1. The van der Waals surface area contributed by atoms with Gasteiger partial charge in [-0.05, 0) is 18.4 Å². The average Bonchev–Trinajstić information content (AvgIpc) is 3.39. The standard InChI is InChI=1S/C19H19N5O3S/c20-16-15(17(26)22-18(27)24(16)13-6-7-13)14(25)11-28-19-21-8-9-23(19)10-12-4-2-1-3-5-12/h1-5,8-9,13H,6-7,10-11,20H2,(H,22,26,27). The molecule has 0 bridgehead atoms.